The summed E-state index contributed by atoms with van der Waals surface area (Å²) >= 11 is 0. The number of carbonyl (C=O) groups is 1. The molecule has 2 saturated heterocycles. The third-order valence-electron chi connectivity index (χ3n) is 5.20. The standard InChI is InChI=1S/C19H25N5O.ClH/c25-19(23-9-6-18(15-23)22-10-7-20-8-11-22)12-16-13-21-24(14-16)17-4-2-1-3-5-17;/h1-5,13-14,18,20H,6-12,15H2;1H. The molecule has 0 aliphatic carbocycles. The normalized spacial score (nSPS) is 20.8. The molecular formula is C19H26ClN5O. The zero-order chi connectivity index (χ0) is 17.1. The van der Waals surface area contributed by atoms with Crippen molar-refractivity contribution in [2.45, 2.75) is 18.9 Å². The Hall–Kier alpha value is -1.89. The Bertz CT molecular complexity index is 714. The number of carbonyl (C=O) groups excluding carboxylic acids is 1. The summed E-state index contributed by atoms with van der Waals surface area (Å²) in [5, 5.41) is 7.77. The average molecular weight is 376 g/mol. The van der Waals surface area contributed by atoms with Crippen LogP contribution in [-0.2, 0) is 11.2 Å². The zero-order valence-corrected chi connectivity index (χ0v) is 15.7. The van der Waals surface area contributed by atoms with Crippen molar-refractivity contribution in [3.8, 4) is 5.69 Å². The molecule has 0 spiro atoms. The van der Waals surface area contributed by atoms with Crippen LogP contribution in [0.3, 0.4) is 0 Å². The van der Waals surface area contributed by atoms with Gasteiger partial charge in [-0.05, 0) is 24.1 Å². The molecule has 1 aromatic carbocycles. The highest BCUT2D eigenvalue weighted by Crippen LogP contribution is 2.18. The number of aromatic nitrogens is 2. The van der Waals surface area contributed by atoms with Gasteiger partial charge in [0.1, 0.15) is 0 Å². The number of rotatable bonds is 4. The Balaban J connectivity index is 0.00000196. The quantitative estimate of drug-likeness (QED) is 0.876. The average Bonchev–Trinajstić information content (AvgIpc) is 3.33. The van der Waals surface area contributed by atoms with Crippen LogP contribution in [0, 0.1) is 0 Å². The highest BCUT2D eigenvalue weighted by molar-refractivity contribution is 5.85. The Morgan fingerprint density at radius 1 is 1.15 bits per heavy atom. The Labute approximate surface area is 160 Å². The minimum absolute atomic E-state index is 0. The first-order valence-electron chi connectivity index (χ1n) is 9.11. The number of hydrogen-bond acceptors (Lipinski definition) is 4. The first kappa shape index (κ1) is 18.9. The second-order valence-electron chi connectivity index (χ2n) is 6.87. The Kier molecular flexibility index (Phi) is 6.29. The summed E-state index contributed by atoms with van der Waals surface area (Å²) in [5.74, 6) is 0.213. The molecule has 3 heterocycles. The highest BCUT2D eigenvalue weighted by Gasteiger charge is 2.30. The number of halogens is 1. The van der Waals surface area contributed by atoms with Crippen molar-refractivity contribution in [3.63, 3.8) is 0 Å². The maximum atomic E-state index is 12.6. The number of likely N-dealkylation sites (tertiary alicyclic amines) is 1. The van der Waals surface area contributed by atoms with Gasteiger partial charge in [0.25, 0.3) is 0 Å². The lowest BCUT2D eigenvalue weighted by Gasteiger charge is -2.32. The van der Waals surface area contributed by atoms with Crippen molar-refractivity contribution in [2.75, 3.05) is 39.3 Å². The van der Waals surface area contributed by atoms with Crippen molar-refractivity contribution in [1.29, 1.82) is 0 Å². The van der Waals surface area contributed by atoms with Gasteiger partial charge in [-0.25, -0.2) is 4.68 Å². The van der Waals surface area contributed by atoms with E-state index in [4.69, 9.17) is 0 Å². The molecule has 1 aromatic heterocycles. The maximum absolute atomic E-state index is 12.6. The molecule has 4 rings (SSSR count). The van der Waals surface area contributed by atoms with Crippen LogP contribution in [0.15, 0.2) is 42.7 Å². The van der Waals surface area contributed by atoms with Gasteiger partial charge in [0.2, 0.25) is 5.91 Å². The van der Waals surface area contributed by atoms with E-state index in [1.807, 2.05) is 46.1 Å². The van der Waals surface area contributed by atoms with E-state index in [1.165, 1.54) is 0 Å². The van der Waals surface area contributed by atoms with E-state index >= 15 is 0 Å². The van der Waals surface area contributed by atoms with Gasteiger partial charge < -0.3 is 10.2 Å². The minimum Gasteiger partial charge on any atom is -0.341 e. The van der Waals surface area contributed by atoms with Crippen molar-refractivity contribution >= 4 is 18.3 Å². The molecule has 1 unspecified atom stereocenters. The number of para-hydroxylation sites is 1. The van der Waals surface area contributed by atoms with Gasteiger partial charge in [-0.3, -0.25) is 9.69 Å². The molecule has 7 heteroatoms. The monoisotopic (exact) mass is 375 g/mol. The number of benzene rings is 1. The first-order valence-corrected chi connectivity index (χ1v) is 9.11. The molecule has 2 aliphatic rings. The van der Waals surface area contributed by atoms with Gasteiger partial charge in [0, 0.05) is 51.5 Å². The van der Waals surface area contributed by atoms with E-state index in [9.17, 15) is 4.79 Å². The van der Waals surface area contributed by atoms with Crippen LogP contribution >= 0.6 is 12.4 Å². The molecule has 6 nitrogen and oxygen atoms in total. The second-order valence-corrected chi connectivity index (χ2v) is 6.87. The van der Waals surface area contributed by atoms with Gasteiger partial charge in [-0.1, -0.05) is 18.2 Å². The fraction of sp³-hybridized carbons (Fsp3) is 0.474. The number of hydrogen-bond donors (Lipinski definition) is 1. The van der Waals surface area contributed by atoms with Crippen molar-refractivity contribution in [1.82, 2.24) is 24.9 Å². The first-order chi connectivity index (χ1) is 12.3. The predicted octanol–water partition coefficient (Wildman–Crippen LogP) is 1.34. The van der Waals surface area contributed by atoms with Crippen LogP contribution in [0.25, 0.3) is 5.69 Å². The molecule has 2 aliphatic heterocycles. The molecule has 2 aromatic rings. The van der Waals surface area contributed by atoms with E-state index < -0.39 is 0 Å². The summed E-state index contributed by atoms with van der Waals surface area (Å²) in [4.78, 5) is 17.2. The smallest absolute Gasteiger partial charge is 0.227 e. The molecule has 2 fully saturated rings. The van der Waals surface area contributed by atoms with Crippen LogP contribution in [0.2, 0.25) is 0 Å². The van der Waals surface area contributed by atoms with Crippen LogP contribution < -0.4 is 5.32 Å². The molecule has 140 valence electrons. The van der Waals surface area contributed by atoms with Gasteiger partial charge in [-0.2, -0.15) is 5.10 Å². The fourth-order valence-electron chi connectivity index (χ4n) is 3.77. The van der Waals surface area contributed by atoms with Gasteiger partial charge in [-0.15, -0.1) is 12.4 Å². The summed E-state index contributed by atoms with van der Waals surface area (Å²) in [5.41, 5.74) is 1.99. The van der Waals surface area contributed by atoms with Gasteiger partial charge in [0.15, 0.2) is 0 Å². The van der Waals surface area contributed by atoms with Crippen LogP contribution in [0.4, 0.5) is 0 Å². The van der Waals surface area contributed by atoms with Gasteiger partial charge in [0.05, 0.1) is 18.3 Å². The third kappa shape index (κ3) is 4.26. The lowest BCUT2D eigenvalue weighted by atomic mass is 10.2. The van der Waals surface area contributed by atoms with Crippen molar-refractivity contribution in [3.05, 3.63) is 48.3 Å². The number of amides is 1. The summed E-state index contributed by atoms with van der Waals surface area (Å²) in [6.07, 6.45) is 5.28. The zero-order valence-electron chi connectivity index (χ0n) is 14.9. The van der Waals surface area contributed by atoms with Crippen LogP contribution in [0.5, 0.6) is 0 Å². The second kappa shape index (κ2) is 8.66. The molecule has 26 heavy (non-hydrogen) atoms. The van der Waals surface area contributed by atoms with Crippen LogP contribution in [0.1, 0.15) is 12.0 Å². The van der Waals surface area contributed by atoms with E-state index in [2.05, 4.69) is 15.3 Å². The third-order valence-corrected chi connectivity index (χ3v) is 5.20. The van der Waals surface area contributed by atoms with E-state index in [0.29, 0.717) is 12.5 Å². The predicted molar refractivity (Wildman–Crippen MR) is 104 cm³/mol. The number of nitrogens with zero attached hydrogens (tertiary/aromatic N) is 4. The van der Waals surface area contributed by atoms with Crippen LogP contribution in [-0.4, -0.2) is 70.8 Å². The summed E-state index contributed by atoms with van der Waals surface area (Å²) in [6.45, 7) is 6.05. The van der Waals surface area contributed by atoms with Crippen molar-refractivity contribution < 1.29 is 4.79 Å². The maximum Gasteiger partial charge on any atom is 0.227 e. The molecule has 1 N–H and O–H groups in total. The SMILES string of the molecule is Cl.O=C(Cc1cnn(-c2ccccc2)c1)N1CCC(N2CCNCC2)C1. The summed E-state index contributed by atoms with van der Waals surface area (Å²) in [7, 11) is 0. The van der Waals surface area contributed by atoms with Gasteiger partial charge >= 0.3 is 0 Å². The topological polar surface area (TPSA) is 53.4 Å². The molecule has 0 bridgehead atoms. The largest absolute Gasteiger partial charge is 0.341 e. The molecule has 1 atom stereocenters. The highest BCUT2D eigenvalue weighted by atomic mass is 35.5. The summed E-state index contributed by atoms with van der Waals surface area (Å²) in [6, 6.07) is 10.5. The lowest BCUT2D eigenvalue weighted by Crippen LogP contribution is -2.49. The van der Waals surface area contributed by atoms with E-state index in [0.717, 1.165) is 56.9 Å². The molecule has 0 saturated carbocycles. The molecular weight excluding hydrogens is 350 g/mol. The minimum atomic E-state index is 0. The summed E-state index contributed by atoms with van der Waals surface area (Å²) < 4.78 is 1.83. The number of nitrogens with one attached hydrogen (secondary N) is 1. The fourth-order valence-corrected chi connectivity index (χ4v) is 3.77. The number of piperazine rings is 1. The van der Waals surface area contributed by atoms with Crippen molar-refractivity contribution in [2.24, 2.45) is 0 Å². The molecule has 1 amide bonds. The molecule has 0 radical (unpaired) electrons. The Morgan fingerprint density at radius 2 is 1.92 bits per heavy atom. The Morgan fingerprint density at radius 3 is 2.69 bits per heavy atom. The van der Waals surface area contributed by atoms with E-state index in [-0.39, 0.29) is 18.3 Å². The lowest BCUT2D eigenvalue weighted by molar-refractivity contribution is -0.129. The van der Waals surface area contributed by atoms with E-state index in [1.54, 1.807) is 6.20 Å².